The van der Waals surface area contributed by atoms with Gasteiger partial charge in [-0.05, 0) is 26.0 Å². The lowest BCUT2D eigenvalue weighted by atomic mass is 9.96. The number of rotatable bonds is 2. The lowest BCUT2D eigenvalue weighted by Crippen LogP contribution is -2.19. The van der Waals surface area contributed by atoms with Crippen LogP contribution in [0.5, 0.6) is 0 Å². The second kappa shape index (κ2) is 4.51. The van der Waals surface area contributed by atoms with E-state index in [0.717, 1.165) is 6.07 Å². The molecule has 88 valence electrons. The van der Waals surface area contributed by atoms with E-state index in [0.29, 0.717) is 4.47 Å². The van der Waals surface area contributed by atoms with Gasteiger partial charge < -0.3 is 9.84 Å². The number of ether oxygens (including phenoxy) is 1. The SMILES string of the molecule is COC(=O)c1cc(F)c(C(C)(C)O)c(Br)c1. The molecule has 0 unspecified atom stereocenters. The number of methoxy groups -OCH3 is 1. The van der Waals surface area contributed by atoms with E-state index in [2.05, 4.69) is 20.7 Å². The van der Waals surface area contributed by atoms with Crippen molar-refractivity contribution in [2.45, 2.75) is 19.4 Å². The molecule has 0 amide bonds. The van der Waals surface area contributed by atoms with Gasteiger partial charge in [-0.3, -0.25) is 0 Å². The average molecular weight is 291 g/mol. The van der Waals surface area contributed by atoms with Crippen molar-refractivity contribution < 1.29 is 19.0 Å². The first-order chi connectivity index (χ1) is 7.27. The highest BCUT2D eigenvalue weighted by Gasteiger charge is 2.25. The van der Waals surface area contributed by atoms with Crippen molar-refractivity contribution in [3.8, 4) is 0 Å². The Hall–Kier alpha value is -0.940. The van der Waals surface area contributed by atoms with Gasteiger partial charge in [0.2, 0.25) is 0 Å². The lowest BCUT2D eigenvalue weighted by molar-refractivity contribution is 0.0595. The van der Waals surface area contributed by atoms with Crippen LogP contribution in [0.1, 0.15) is 29.8 Å². The van der Waals surface area contributed by atoms with E-state index in [-0.39, 0.29) is 11.1 Å². The van der Waals surface area contributed by atoms with Crippen molar-refractivity contribution in [2.75, 3.05) is 7.11 Å². The topological polar surface area (TPSA) is 46.5 Å². The Labute approximate surface area is 101 Å². The number of benzene rings is 1. The Morgan fingerprint density at radius 3 is 2.44 bits per heavy atom. The molecule has 0 heterocycles. The summed E-state index contributed by atoms with van der Waals surface area (Å²) < 4.78 is 18.5. The van der Waals surface area contributed by atoms with Crippen LogP contribution in [0.2, 0.25) is 0 Å². The molecule has 0 aliphatic heterocycles. The third-order valence-corrected chi connectivity index (χ3v) is 2.70. The molecule has 0 aliphatic rings. The Morgan fingerprint density at radius 2 is 2.06 bits per heavy atom. The summed E-state index contributed by atoms with van der Waals surface area (Å²) in [7, 11) is 1.22. The Morgan fingerprint density at radius 1 is 1.50 bits per heavy atom. The van der Waals surface area contributed by atoms with Crippen molar-refractivity contribution in [3.63, 3.8) is 0 Å². The highest BCUT2D eigenvalue weighted by atomic mass is 79.9. The molecule has 0 atom stereocenters. The molecule has 0 fully saturated rings. The van der Waals surface area contributed by atoms with Crippen LogP contribution in [0.25, 0.3) is 0 Å². The quantitative estimate of drug-likeness (QED) is 0.852. The first kappa shape index (κ1) is 13.1. The molecule has 3 nitrogen and oxygen atoms in total. The summed E-state index contributed by atoms with van der Waals surface area (Å²) in [6, 6.07) is 2.46. The molecular formula is C11H12BrFO3. The minimum atomic E-state index is -1.32. The summed E-state index contributed by atoms with van der Waals surface area (Å²) in [6.45, 7) is 2.93. The number of hydrogen-bond acceptors (Lipinski definition) is 3. The summed E-state index contributed by atoms with van der Waals surface area (Å²) in [6.07, 6.45) is 0. The van der Waals surface area contributed by atoms with E-state index in [1.807, 2.05) is 0 Å². The van der Waals surface area contributed by atoms with Crippen molar-refractivity contribution in [3.05, 3.63) is 33.5 Å². The third-order valence-electron chi connectivity index (χ3n) is 2.08. The molecule has 0 aromatic heterocycles. The maximum Gasteiger partial charge on any atom is 0.337 e. The van der Waals surface area contributed by atoms with Crippen LogP contribution in [-0.2, 0) is 10.3 Å². The van der Waals surface area contributed by atoms with Crippen LogP contribution >= 0.6 is 15.9 Å². The van der Waals surface area contributed by atoms with Gasteiger partial charge in [-0.2, -0.15) is 0 Å². The molecule has 5 heteroatoms. The highest BCUT2D eigenvalue weighted by Crippen LogP contribution is 2.31. The molecule has 16 heavy (non-hydrogen) atoms. The molecule has 1 rings (SSSR count). The van der Waals surface area contributed by atoms with Crippen molar-refractivity contribution in [1.82, 2.24) is 0 Å². The molecule has 0 radical (unpaired) electrons. The van der Waals surface area contributed by atoms with Crippen LogP contribution in [-0.4, -0.2) is 18.2 Å². The molecule has 0 spiro atoms. The zero-order valence-electron chi connectivity index (χ0n) is 9.17. The fraction of sp³-hybridized carbons (Fsp3) is 0.364. The molecule has 1 N–H and O–H groups in total. The van der Waals surface area contributed by atoms with Gasteiger partial charge in [0.25, 0.3) is 0 Å². The van der Waals surface area contributed by atoms with E-state index >= 15 is 0 Å². The summed E-state index contributed by atoms with van der Waals surface area (Å²) in [5, 5.41) is 9.75. The normalized spacial score (nSPS) is 11.4. The van der Waals surface area contributed by atoms with E-state index in [4.69, 9.17) is 0 Å². The predicted molar refractivity (Wildman–Crippen MR) is 60.7 cm³/mol. The maximum atomic E-state index is 13.7. The largest absolute Gasteiger partial charge is 0.465 e. The summed E-state index contributed by atoms with van der Waals surface area (Å²) >= 11 is 3.12. The van der Waals surface area contributed by atoms with Gasteiger partial charge in [0.15, 0.2) is 0 Å². The summed E-state index contributed by atoms with van der Waals surface area (Å²) in [4.78, 5) is 11.2. The van der Waals surface area contributed by atoms with E-state index < -0.39 is 17.4 Å². The van der Waals surface area contributed by atoms with Crippen molar-refractivity contribution in [1.29, 1.82) is 0 Å². The second-order valence-electron chi connectivity index (χ2n) is 3.87. The number of esters is 1. The van der Waals surface area contributed by atoms with Gasteiger partial charge in [0.1, 0.15) is 5.82 Å². The van der Waals surface area contributed by atoms with Crippen LogP contribution in [0, 0.1) is 5.82 Å². The van der Waals surface area contributed by atoms with Crippen LogP contribution in [0.3, 0.4) is 0 Å². The molecule has 0 saturated heterocycles. The van der Waals surface area contributed by atoms with Crippen LogP contribution < -0.4 is 0 Å². The molecule has 0 bridgehead atoms. The zero-order chi connectivity index (χ0) is 12.5. The molecule has 0 saturated carbocycles. The molecule has 1 aromatic carbocycles. The standard InChI is InChI=1S/C11H12BrFO3/c1-11(2,15)9-7(12)4-6(5-8(9)13)10(14)16-3/h4-5,15H,1-3H3. The molecule has 0 aliphatic carbocycles. The van der Waals surface area contributed by atoms with Gasteiger partial charge in [-0.1, -0.05) is 15.9 Å². The second-order valence-corrected chi connectivity index (χ2v) is 4.72. The third kappa shape index (κ3) is 2.59. The van der Waals surface area contributed by atoms with E-state index in [9.17, 15) is 14.3 Å². The summed E-state index contributed by atoms with van der Waals surface area (Å²) in [5.41, 5.74) is -1.11. The number of carbonyl (C=O) groups is 1. The van der Waals surface area contributed by atoms with E-state index in [1.165, 1.54) is 27.0 Å². The first-order valence-electron chi connectivity index (χ1n) is 4.57. The van der Waals surface area contributed by atoms with E-state index in [1.54, 1.807) is 0 Å². The smallest absolute Gasteiger partial charge is 0.337 e. The predicted octanol–water partition coefficient (Wildman–Crippen LogP) is 2.60. The van der Waals surface area contributed by atoms with Gasteiger partial charge in [-0.25, -0.2) is 9.18 Å². The van der Waals surface area contributed by atoms with Gasteiger partial charge in [0.05, 0.1) is 18.3 Å². The van der Waals surface area contributed by atoms with Crippen LogP contribution in [0.15, 0.2) is 16.6 Å². The number of aliphatic hydroxyl groups is 1. The first-order valence-corrected chi connectivity index (χ1v) is 5.37. The Balaban J connectivity index is 3.34. The fourth-order valence-corrected chi connectivity index (χ4v) is 2.31. The number of carbonyl (C=O) groups excluding carboxylic acids is 1. The average Bonchev–Trinajstić information content (AvgIpc) is 2.13. The minimum absolute atomic E-state index is 0.0971. The molecular weight excluding hydrogens is 279 g/mol. The fourth-order valence-electron chi connectivity index (χ4n) is 1.39. The van der Waals surface area contributed by atoms with Crippen molar-refractivity contribution >= 4 is 21.9 Å². The zero-order valence-corrected chi connectivity index (χ0v) is 10.8. The van der Waals surface area contributed by atoms with Crippen LogP contribution in [0.4, 0.5) is 4.39 Å². The minimum Gasteiger partial charge on any atom is -0.465 e. The Kier molecular flexibility index (Phi) is 3.70. The Bertz CT molecular complexity index is 401. The van der Waals surface area contributed by atoms with Gasteiger partial charge in [-0.15, -0.1) is 0 Å². The van der Waals surface area contributed by atoms with Gasteiger partial charge in [0, 0.05) is 10.0 Å². The molecule has 1 aromatic rings. The highest BCUT2D eigenvalue weighted by molar-refractivity contribution is 9.10. The summed E-state index contributed by atoms with van der Waals surface area (Å²) in [5.74, 6) is -1.27. The monoisotopic (exact) mass is 290 g/mol. The number of halogens is 2. The van der Waals surface area contributed by atoms with Gasteiger partial charge >= 0.3 is 5.97 Å². The lowest BCUT2D eigenvalue weighted by Gasteiger charge is -2.20. The van der Waals surface area contributed by atoms with Crippen molar-refractivity contribution in [2.24, 2.45) is 0 Å². The number of hydrogen-bond donors (Lipinski definition) is 1. The maximum absolute atomic E-state index is 13.7.